The third kappa shape index (κ3) is 4.68. The van der Waals surface area contributed by atoms with Crippen LogP contribution < -0.4 is 5.32 Å². The summed E-state index contributed by atoms with van der Waals surface area (Å²) >= 11 is 2.99. The number of ketones is 1. The van der Waals surface area contributed by atoms with Crippen LogP contribution in [0.15, 0.2) is 65.3 Å². The van der Waals surface area contributed by atoms with E-state index >= 15 is 0 Å². The predicted molar refractivity (Wildman–Crippen MR) is 128 cm³/mol. The van der Waals surface area contributed by atoms with Crippen LogP contribution in [-0.4, -0.2) is 26.9 Å². The average molecular weight is 448 g/mol. The van der Waals surface area contributed by atoms with E-state index in [-0.39, 0.29) is 16.9 Å². The van der Waals surface area contributed by atoms with Crippen LogP contribution in [0, 0.1) is 6.92 Å². The molecule has 0 aliphatic carbocycles. The van der Waals surface area contributed by atoms with Gasteiger partial charge in [0, 0.05) is 22.2 Å². The van der Waals surface area contributed by atoms with Gasteiger partial charge in [0.05, 0.1) is 10.6 Å². The second-order valence-corrected chi connectivity index (χ2v) is 9.44. The van der Waals surface area contributed by atoms with Gasteiger partial charge in [-0.15, -0.1) is 11.3 Å². The van der Waals surface area contributed by atoms with Gasteiger partial charge >= 0.3 is 0 Å². The number of thioether (sulfide) groups is 1. The van der Waals surface area contributed by atoms with Crippen molar-refractivity contribution in [3.05, 3.63) is 71.4 Å². The third-order valence-corrected chi connectivity index (χ3v) is 6.90. The highest BCUT2D eigenvalue weighted by atomic mass is 32.2. The molecule has 1 atom stereocenters. The molecule has 0 fully saturated rings. The number of carbonyl (C=O) groups excluding carboxylic acids is 2. The lowest BCUT2D eigenvalue weighted by atomic mass is 10.1. The Morgan fingerprint density at radius 1 is 1.03 bits per heavy atom. The van der Waals surface area contributed by atoms with E-state index in [1.165, 1.54) is 24.2 Å². The lowest BCUT2D eigenvalue weighted by molar-refractivity contribution is -0.115. The number of rotatable bonds is 6. The Hall–Kier alpha value is -3.03. The van der Waals surface area contributed by atoms with E-state index in [2.05, 4.69) is 51.9 Å². The number of carbonyl (C=O) groups is 2. The smallest absolute Gasteiger partial charge is 0.237 e. The van der Waals surface area contributed by atoms with Crippen molar-refractivity contribution in [2.75, 3.05) is 5.32 Å². The maximum atomic E-state index is 12.8. The monoisotopic (exact) mass is 447 g/mol. The normalized spacial score (nSPS) is 12.0. The molecule has 2 aromatic carbocycles. The quantitative estimate of drug-likeness (QED) is 0.223. The Kier molecular flexibility index (Phi) is 6.15. The highest BCUT2D eigenvalue weighted by Crippen LogP contribution is 2.39. The van der Waals surface area contributed by atoms with Crippen LogP contribution >= 0.6 is 23.1 Å². The molecule has 1 unspecified atom stereocenters. The predicted octanol–water partition coefficient (Wildman–Crippen LogP) is 5.99. The van der Waals surface area contributed by atoms with Crippen molar-refractivity contribution in [2.24, 2.45) is 0 Å². The molecule has 0 saturated carbocycles. The average Bonchev–Trinajstić information content (AvgIpc) is 3.20. The zero-order valence-corrected chi connectivity index (χ0v) is 19.0. The molecule has 7 heteroatoms. The molecule has 4 aromatic rings. The molecule has 0 aliphatic rings. The number of aromatic nitrogens is 2. The largest absolute Gasteiger partial charge is 0.325 e. The number of amides is 1. The second kappa shape index (κ2) is 8.99. The first-order valence-corrected chi connectivity index (χ1v) is 11.6. The maximum Gasteiger partial charge on any atom is 0.237 e. The number of benzene rings is 2. The fourth-order valence-electron chi connectivity index (χ4n) is 3.14. The van der Waals surface area contributed by atoms with Crippen LogP contribution in [0.3, 0.4) is 0 Å². The number of nitrogens with zero attached hydrogens (tertiary/aromatic N) is 2. The first-order valence-electron chi connectivity index (χ1n) is 9.80. The van der Waals surface area contributed by atoms with Gasteiger partial charge in [-0.3, -0.25) is 9.59 Å². The first kappa shape index (κ1) is 21.2. The summed E-state index contributed by atoms with van der Waals surface area (Å²) in [7, 11) is 0. The minimum absolute atomic E-state index is 0.00489. The van der Waals surface area contributed by atoms with E-state index in [1.54, 1.807) is 41.9 Å². The molecule has 0 radical (unpaired) electrons. The molecular formula is C24H21N3O2S2. The molecule has 156 valence electrons. The fourth-order valence-corrected chi connectivity index (χ4v) is 5.05. The van der Waals surface area contributed by atoms with Crippen LogP contribution in [0.25, 0.3) is 21.3 Å². The van der Waals surface area contributed by atoms with E-state index in [9.17, 15) is 9.59 Å². The van der Waals surface area contributed by atoms with Gasteiger partial charge in [-0.25, -0.2) is 9.97 Å². The summed E-state index contributed by atoms with van der Waals surface area (Å²) in [5.41, 5.74) is 4.67. The summed E-state index contributed by atoms with van der Waals surface area (Å²) in [5.74, 6) is -0.130. The van der Waals surface area contributed by atoms with Crippen LogP contribution in [0.5, 0.6) is 0 Å². The number of hydrogen-bond acceptors (Lipinski definition) is 6. The molecule has 0 bridgehead atoms. The lowest BCUT2D eigenvalue weighted by Gasteiger charge is -2.13. The SMILES string of the molecule is CC(=O)c1ccc(NC(=O)C(C)Sc2ncnc3scc(-c4ccc(C)cc4)c23)cc1. The Bertz CT molecular complexity index is 1250. The van der Waals surface area contributed by atoms with Crippen molar-refractivity contribution in [1.29, 1.82) is 0 Å². The summed E-state index contributed by atoms with van der Waals surface area (Å²) in [6.07, 6.45) is 1.55. The van der Waals surface area contributed by atoms with E-state index in [0.717, 1.165) is 26.4 Å². The summed E-state index contributed by atoms with van der Waals surface area (Å²) in [6, 6.07) is 15.3. The number of nitrogens with one attached hydrogen (secondary N) is 1. The van der Waals surface area contributed by atoms with Gasteiger partial charge in [-0.2, -0.15) is 0 Å². The number of fused-ring (bicyclic) bond motifs is 1. The van der Waals surface area contributed by atoms with Crippen molar-refractivity contribution < 1.29 is 9.59 Å². The Balaban J connectivity index is 1.56. The van der Waals surface area contributed by atoms with E-state index in [0.29, 0.717) is 11.3 Å². The molecule has 0 aliphatic heterocycles. The number of aryl methyl sites for hydroxylation is 1. The standard InChI is InChI=1S/C24H21N3O2S2/c1-14-4-6-18(7-5-14)20-12-30-23-21(20)24(26-13-25-23)31-16(3)22(29)27-19-10-8-17(9-11-19)15(2)28/h4-13,16H,1-3H3,(H,27,29). The van der Waals surface area contributed by atoms with E-state index in [1.807, 2.05) is 6.92 Å². The van der Waals surface area contributed by atoms with Crippen LogP contribution in [-0.2, 0) is 4.79 Å². The van der Waals surface area contributed by atoms with Crippen molar-refractivity contribution in [2.45, 2.75) is 31.0 Å². The Morgan fingerprint density at radius 3 is 2.42 bits per heavy atom. The maximum absolute atomic E-state index is 12.8. The van der Waals surface area contributed by atoms with Crippen LogP contribution in [0.2, 0.25) is 0 Å². The molecule has 1 amide bonds. The number of hydrogen-bond donors (Lipinski definition) is 1. The number of Topliss-reactive ketones (excluding diaryl/α,β-unsaturated/α-hetero) is 1. The Labute approximate surface area is 188 Å². The number of anilines is 1. The fraction of sp³-hybridized carbons (Fsp3) is 0.167. The second-order valence-electron chi connectivity index (χ2n) is 7.26. The molecule has 2 heterocycles. The minimum atomic E-state index is -0.364. The molecule has 4 rings (SSSR count). The van der Waals surface area contributed by atoms with Crippen molar-refractivity contribution in [3.8, 4) is 11.1 Å². The molecule has 1 N–H and O–H groups in total. The molecule has 0 spiro atoms. The zero-order valence-electron chi connectivity index (χ0n) is 17.4. The molecule has 5 nitrogen and oxygen atoms in total. The van der Waals surface area contributed by atoms with Gasteiger partial charge < -0.3 is 5.32 Å². The van der Waals surface area contributed by atoms with E-state index < -0.39 is 0 Å². The molecule has 0 saturated heterocycles. The van der Waals surface area contributed by atoms with Crippen molar-refractivity contribution in [1.82, 2.24) is 9.97 Å². The lowest BCUT2D eigenvalue weighted by Crippen LogP contribution is -2.22. The van der Waals surface area contributed by atoms with E-state index in [4.69, 9.17) is 0 Å². The molecule has 31 heavy (non-hydrogen) atoms. The zero-order chi connectivity index (χ0) is 22.0. The van der Waals surface area contributed by atoms with Crippen LogP contribution in [0.1, 0.15) is 29.8 Å². The van der Waals surface area contributed by atoms with Gasteiger partial charge in [0.1, 0.15) is 16.2 Å². The minimum Gasteiger partial charge on any atom is -0.325 e. The highest BCUT2D eigenvalue weighted by Gasteiger charge is 2.20. The topological polar surface area (TPSA) is 72.0 Å². The van der Waals surface area contributed by atoms with Gasteiger partial charge in [0.25, 0.3) is 0 Å². The van der Waals surface area contributed by atoms with Crippen molar-refractivity contribution >= 4 is 50.7 Å². The van der Waals surface area contributed by atoms with Crippen molar-refractivity contribution in [3.63, 3.8) is 0 Å². The molecule has 2 aromatic heterocycles. The summed E-state index contributed by atoms with van der Waals surface area (Å²) in [6.45, 7) is 5.44. The summed E-state index contributed by atoms with van der Waals surface area (Å²) in [4.78, 5) is 34.0. The summed E-state index contributed by atoms with van der Waals surface area (Å²) in [5, 5.41) is 6.41. The first-order chi connectivity index (χ1) is 14.9. The third-order valence-electron chi connectivity index (χ3n) is 4.91. The van der Waals surface area contributed by atoms with Crippen LogP contribution in [0.4, 0.5) is 5.69 Å². The summed E-state index contributed by atoms with van der Waals surface area (Å²) < 4.78 is 0. The van der Waals surface area contributed by atoms with Gasteiger partial charge in [0.15, 0.2) is 5.78 Å². The van der Waals surface area contributed by atoms with Gasteiger partial charge in [-0.05, 0) is 50.6 Å². The van der Waals surface area contributed by atoms with Gasteiger partial charge in [0.2, 0.25) is 5.91 Å². The van der Waals surface area contributed by atoms with Gasteiger partial charge in [-0.1, -0.05) is 41.6 Å². The highest BCUT2D eigenvalue weighted by molar-refractivity contribution is 8.00. The molecular weight excluding hydrogens is 426 g/mol. The Morgan fingerprint density at radius 2 is 1.74 bits per heavy atom. The number of thiophene rings is 1.